The smallest absolute Gasteiger partial charge is 0.265 e. The molecular formula is C26H26BrN3O4S. The minimum Gasteiger partial charge on any atom is -0.481 e. The van der Waals surface area contributed by atoms with E-state index < -0.39 is 12.0 Å². The van der Waals surface area contributed by atoms with Gasteiger partial charge in [-0.25, -0.2) is 0 Å². The molecule has 0 saturated heterocycles. The van der Waals surface area contributed by atoms with Crippen molar-refractivity contribution in [3.05, 3.63) is 74.6 Å². The summed E-state index contributed by atoms with van der Waals surface area (Å²) in [6, 6.07) is 13.7. The zero-order valence-corrected chi connectivity index (χ0v) is 21.8. The molecule has 9 heteroatoms. The molecule has 1 aliphatic carbocycles. The van der Waals surface area contributed by atoms with E-state index in [2.05, 4.69) is 33.5 Å². The summed E-state index contributed by atoms with van der Waals surface area (Å²) < 4.78 is 6.65. The predicted octanol–water partition coefficient (Wildman–Crippen LogP) is 5.39. The molecule has 1 aromatic heterocycles. The lowest BCUT2D eigenvalue weighted by molar-refractivity contribution is -0.122. The molecule has 35 heavy (non-hydrogen) atoms. The highest BCUT2D eigenvalue weighted by Crippen LogP contribution is 2.39. The van der Waals surface area contributed by atoms with Gasteiger partial charge in [-0.1, -0.05) is 22.9 Å². The van der Waals surface area contributed by atoms with Gasteiger partial charge in [-0.15, -0.1) is 11.3 Å². The monoisotopic (exact) mass is 555 g/mol. The third-order valence-corrected chi connectivity index (χ3v) is 7.59. The van der Waals surface area contributed by atoms with Crippen LogP contribution >= 0.6 is 27.3 Å². The molecule has 0 unspecified atom stereocenters. The van der Waals surface area contributed by atoms with E-state index in [1.807, 2.05) is 12.1 Å². The van der Waals surface area contributed by atoms with Crippen LogP contribution < -0.4 is 21.1 Å². The fraction of sp³-hybridized carbons (Fsp3) is 0.269. The van der Waals surface area contributed by atoms with Gasteiger partial charge in [0.15, 0.2) is 6.10 Å². The van der Waals surface area contributed by atoms with E-state index in [1.165, 1.54) is 11.3 Å². The normalized spacial score (nSPS) is 15.6. The number of carbonyl (C=O) groups excluding carboxylic acids is 3. The molecule has 4 rings (SSSR count). The number of hydrogen-bond acceptors (Lipinski definition) is 5. The minimum atomic E-state index is -0.740. The van der Waals surface area contributed by atoms with Crippen molar-refractivity contribution in [2.75, 3.05) is 10.6 Å². The molecule has 2 atom stereocenters. The molecule has 0 saturated carbocycles. The van der Waals surface area contributed by atoms with E-state index in [-0.39, 0.29) is 11.8 Å². The summed E-state index contributed by atoms with van der Waals surface area (Å²) >= 11 is 4.79. The van der Waals surface area contributed by atoms with Crippen LogP contribution in [0.1, 0.15) is 51.4 Å². The largest absolute Gasteiger partial charge is 0.481 e. The van der Waals surface area contributed by atoms with Gasteiger partial charge in [-0.2, -0.15) is 0 Å². The number of hydrogen-bond donors (Lipinski definition) is 3. The Morgan fingerprint density at radius 2 is 1.77 bits per heavy atom. The number of anilines is 2. The molecule has 4 N–H and O–H groups in total. The maximum Gasteiger partial charge on any atom is 0.265 e. The highest BCUT2D eigenvalue weighted by molar-refractivity contribution is 9.10. The van der Waals surface area contributed by atoms with Gasteiger partial charge in [0.05, 0.1) is 5.56 Å². The molecule has 1 heterocycles. The van der Waals surface area contributed by atoms with Gasteiger partial charge in [0, 0.05) is 20.6 Å². The number of benzene rings is 2. The van der Waals surface area contributed by atoms with Crippen molar-refractivity contribution < 1.29 is 19.1 Å². The van der Waals surface area contributed by atoms with Crippen molar-refractivity contribution in [2.24, 2.45) is 11.7 Å². The maximum absolute atomic E-state index is 12.9. The summed E-state index contributed by atoms with van der Waals surface area (Å²) in [6.07, 6.45) is 1.94. The quantitative estimate of drug-likeness (QED) is 0.362. The van der Waals surface area contributed by atoms with Crippen LogP contribution in [0.25, 0.3) is 0 Å². The SMILES string of the molecule is C[C@H]1CCc2c(sc(NC(=O)c3ccc(O[C@H](C)C(=O)Nc4ccc(Br)cc4)cc3)c2C(N)=O)C1. The third-order valence-electron chi connectivity index (χ3n) is 5.90. The van der Waals surface area contributed by atoms with Crippen LogP contribution in [0.3, 0.4) is 0 Å². The number of nitrogens with one attached hydrogen (secondary N) is 2. The Bertz CT molecular complexity index is 1250. The second kappa shape index (κ2) is 10.6. The molecule has 3 amide bonds. The number of nitrogens with two attached hydrogens (primary N) is 1. The average Bonchev–Trinajstić information content (AvgIpc) is 3.17. The first kappa shape index (κ1) is 24.9. The Morgan fingerprint density at radius 1 is 1.09 bits per heavy atom. The summed E-state index contributed by atoms with van der Waals surface area (Å²) in [6.45, 7) is 3.83. The van der Waals surface area contributed by atoms with Gasteiger partial charge in [0.1, 0.15) is 10.8 Å². The summed E-state index contributed by atoms with van der Waals surface area (Å²) in [5, 5.41) is 6.16. The molecule has 0 aliphatic heterocycles. The van der Waals surface area contributed by atoms with E-state index in [0.29, 0.717) is 33.5 Å². The lowest BCUT2D eigenvalue weighted by Gasteiger charge is -2.18. The maximum atomic E-state index is 12.9. The Labute approximate surface area is 216 Å². The van der Waals surface area contributed by atoms with Gasteiger partial charge >= 0.3 is 0 Å². The number of halogens is 1. The van der Waals surface area contributed by atoms with Crippen molar-refractivity contribution in [3.63, 3.8) is 0 Å². The van der Waals surface area contributed by atoms with Gasteiger partial charge in [-0.05, 0) is 86.2 Å². The highest BCUT2D eigenvalue weighted by Gasteiger charge is 2.27. The molecule has 0 radical (unpaired) electrons. The van der Waals surface area contributed by atoms with Crippen LogP contribution in [0.5, 0.6) is 5.75 Å². The summed E-state index contributed by atoms with van der Waals surface area (Å²) in [4.78, 5) is 38.5. The Balaban J connectivity index is 1.40. The lowest BCUT2D eigenvalue weighted by atomic mass is 9.88. The van der Waals surface area contributed by atoms with Crippen molar-refractivity contribution in [2.45, 2.75) is 39.2 Å². The molecule has 2 aromatic carbocycles. The van der Waals surface area contributed by atoms with Gasteiger partial charge in [0.25, 0.3) is 17.7 Å². The number of thiophene rings is 1. The Kier molecular flexibility index (Phi) is 7.57. The molecule has 182 valence electrons. The van der Waals surface area contributed by atoms with Crippen LogP contribution in [-0.2, 0) is 17.6 Å². The Morgan fingerprint density at radius 3 is 2.43 bits per heavy atom. The third kappa shape index (κ3) is 5.91. The van der Waals surface area contributed by atoms with E-state index in [0.717, 1.165) is 34.2 Å². The molecule has 0 bridgehead atoms. The van der Waals surface area contributed by atoms with Crippen LogP contribution in [-0.4, -0.2) is 23.8 Å². The molecule has 0 spiro atoms. The zero-order chi connectivity index (χ0) is 25.1. The minimum absolute atomic E-state index is 0.288. The van der Waals surface area contributed by atoms with Crippen LogP contribution in [0.2, 0.25) is 0 Å². The summed E-state index contributed by atoms with van der Waals surface area (Å²) in [5.41, 5.74) is 8.11. The zero-order valence-electron chi connectivity index (χ0n) is 19.4. The van der Waals surface area contributed by atoms with Gasteiger partial charge in [0.2, 0.25) is 0 Å². The number of primary amides is 1. The fourth-order valence-corrected chi connectivity index (χ4v) is 5.67. The Hall–Kier alpha value is -3.17. The second-order valence-corrected chi connectivity index (χ2v) is 10.7. The first-order valence-corrected chi connectivity index (χ1v) is 12.9. The standard InChI is InChI=1S/C26H26BrN3O4S/c1-14-3-12-20-21(13-14)35-26(22(20)23(28)31)30-25(33)16-4-10-19(11-5-16)34-15(2)24(32)29-18-8-6-17(27)7-9-18/h4-11,14-15H,3,12-13H2,1-2H3,(H2,28,31)(H,29,32)(H,30,33)/t14-,15+/m0/s1. The number of fused-ring (bicyclic) bond motifs is 1. The van der Waals surface area contributed by atoms with E-state index in [4.69, 9.17) is 10.5 Å². The first-order chi connectivity index (χ1) is 16.7. The van der Waals surface area contributed by atoms with Crippen molar-refractivity contribution in [1.29, 1.82) is 0 Å². The topological polar surface area (TPSA) is 111 Å². The number of carbonyl (C=O) groups is 3. The number of rotatable bonds is 7. The molecule has 1 aliphatic rings. The molecule has 3 aromatic rings. The highest BCUT2D eigenvalue weighted by atomic mass is 79.9. The van der Waals surface area contributed by atoms with Crippen LogP contribution in [0, 0.1) is 5.92 Å². The van der Waals surface area contributed by atoms with E-state index >= 15 is 0 Å². The van der Waals surface area contributed by atoms with Crippen molar-refractivity contribution >= 4 is 55.7 Å². The van der Waals surface area contributed by atoms with Crippen molar-refractivity contribution in [1.82, 2.24) is 0 Å². The molecular weight excluding hydrogens is 530 g/mol. The van der Waals surface area contributed by atoms with Gasteiger partial charge < -0.3 is 21.1 Å². The molecule has 7 nitrogen and oxygen atoms in total. The molecule has 0 fully saturated rings. The van der Waals surface area contributed by atoms with Crippen molar-refractivity contribution in [3.8, 4) is 5.75 Å². The fourth-order valence-electron chi connectivity index (χ4n) is 3.99. The first-order valence-electron chi connectivity index (χ1n) is 11.3. The predicted molar refractivity (Wildman–Crippen MR) is 141 cm³/mol. The van der Waals surface area contributed by atoms with Crippen LogP contribution in [0.4, 0.5) is 10.7 Å². The van der Waals surface area contributed by atoms with Crippen LogP contribution in [0.15, 0.2) is 53.0 Å². The summed E-state index contributed by atoms with van der Waals surface area (Å²) in [5.74, 6) is -0.155. The van der Waals surface area contributed by atoms with E-state index in [9.17, 15) is 14.4 Å². The average molecular weight is 556 g/mol. The van der Waals surface area contributed by atoms with E-state index in [1.54, 1.807) is 43.3 Å². The number of amides is 3. The number of ether oxygens (including phenoxy) is 1. The van der Waals surface area contributed by atoms with Gasteiger partial charge in [-0.3, -0.25) is 14.4 Å². The second-order valence-electron chi connectivity index (χ2n) is 8.65. The summed E-state index contributed by atoms with van der Waals surface area (Å²) in [7, 11) is 0. The lowest BCUT2D eigenvalue weighted by Crippen LogP contribution is -2.30.